The first-order chi connectivity index (χ1) is 7.43. The van der Waals surface area contributed by atoms with E-state index < -0.39 is 17.6 Å². The molecule has 0 saturated heterocycles. The molecule has 0 N–H and O–H groups in total. The number of nitrogens with zero attached hydrogens (tertiary/aromatic N) is 1. The van der Waals surface area contributed by atoms with E-state index in [9.17, 15) is 17.6 Å². The quantitative estimate of drug-likeness (QED) is 0.709. The largest absolute Gasteiger partial charge is 0.417 e. The lowest BCUT2D eigenvalue weighted by molar-refractivity contribution is -0.138. The summed E-state index contributed by atoms with van der Waals surface area (Å²) in [6.45, 7) is 1.98. The highest BCUT2D eigenvalue weighted by Crippen LogP contribution is 2.49. The number of halogens is 4. The molecule has 0 aromatic carbocycles. The molecule has 0 bridgehead atoms. The predicted octanol–water partition coefficient (Wildman–Crippen LogP) is 3.75. The molecule has 0 aliphatic heterocycles. The molecule has 1 heterocycles. The van der Waals surface area contributed by atoms with Gasteiger partial charge in [0.15, 0.2) is 0 Å². The molecule has 1 fully saturated rings. The highest BCUT2D eigenvalue weighted by molar-refractivity contribution is 5.25. The van der Waals surface area contributed by atoms with E-state index in [1.165, 1.54) is 0 Å². The van der Waals surface area contributed by atoms with Gasteiger partial charge in [-0.15, -0.1) is 0 Å². The average Bonchev–Trinajstić information content (AvgIpc) is 2.95. The van der Waals surface area contributed by atoms with Crippen LogP contribution in [0.2, 0.25) is 0 Å². The maximum atomic E-state index is 13.4. The van der Waals surface area contributed by atoms with Crippen molar-refractivity contribution in [2.45, 2.75) is 31.9 Å². The third kappa shape index (κ3) is 2.03. The average molecular weight is 233 g/mol. The minimum Gasteiger partial charge on any atom is -0.257 e. The van der Waals surface area contributed by atoms with Crippen molar-refractivity contribution in [2.24, 2.45) is 5.92 Å². The van der Waals surface area contributed by atoms with Crippen LogP contribution in [0.4, 0.5) is 17.6 Å². The van der Waals surface area contributed by atoms with Crippen molar-refractivity contribution in [1.82, 2.24) is 4.98 Å². The van der Waals surface area contributed by atoms with Gasteiger partial charge in [-0.2, -0.15) is 13.2 Å². The van der Waals surface area contributed by atoms with Gasteiger partial charge in [-0.25, -0.2) is 4.39 Å². The summed E-state index contributed by atoms with van der Waals surface area (Å²) in [5.74, 6) is -0.457. The Morgan fingerprint density at radius 3 is 2.56 bits per heavy atom. The minimum absolute atomic E-state index is 0.00674. The van der Waals surface area contributed by atoms with E-state index in [1.807, 2.05) is 6.92 Å². The zero-order valence-electron chi connectivity index (χ0n) is 8.68. The van der Waals surface area contributed by atoms with E-state index in [-0.39, 0.29) is 11.6 Å². The van der Waals surface area contributed by atoms with Crippen LogP contribution in [0.1, 0.15) is 36.9 Å². The number of aromatic nitrogens is 1. The molecule has 1 saturated carbocycles. The highest BCUT2D eigenvalue weighted by atomic mass is 19.4. The van der Waals surface area contributed by atoms with Gasteiger partial charge in [0.25, 0.3) is 0 Å². The first-order valence-corrected chi connectivity index (χ1v) is 5.16. The summed E-state index contributed by atoms with van der Waals surface area (Å²) in [6.07, 6.45) is -2.08. The minimum atomic E-state index is -4.53. The molecule has 1 aromatic rings. The van der Waals surface area contributed by atoms with Gasteiger partial charge in [-0.3, -0.25) is 4.98 Å². The first kappa shape index (κ1) is 11.4. The number of hydrogen-bond acceptors (Lipinski definition) is 1. The molecular weight excluding hydrogens is 222 g/mol. The molecule has 2 rings (SSSR count). The summed E-state index contributed by atoms with van der Waals surface area (Å²) < 4.78 is 50.2. The summed E-state index contributed by atoms with van der Waals surface area (Å²) in [7, 11) is 0. The van der Waals surface area contributed by atoms with Crippen LogP contribution in [0.25, 0.3) is 0 Å². The Hall–Kier alpha value is -1.13. The Kier molecular flexibility index (Phi) is 2.64. The summed E-state index contributed by atoms with van der Waals surface area (Å²) in [4.78, 5) is 3.61. The number of rotatable bonds is 2. The van der Waals surface area contributed by atoms with Gasteiger partial charge >= 0.3 is 6.18 Å². The number of alkyl halides is 3. The molecule has 1 aliphatic rings. The number of pyridine rings is 1. The molecule has 1 nitrogen and oxygen atoms in total. The highest BCUT2D eigenvalue weighted by Gasteiger charge is 2.40. The third-order valence-corrected chi connectivity index (χ3v) is 3.00. The fraction of sp³-hybridized carbons (Fsp3) is 0.545. The molecule has 2 atom stereocenters. The Balaban J connectivity index is 2.25. The molecule has 0 radical (unpaired) electrons. The summed E-state index contributed by atoms with van der Waals surface area (Å²) in [5.41, 5.74) is -0.845. The van der Waals surface area contributed by atoms with Gasteiger partial charge in [0, 0.05) is 12.1 Å². The standard InChI is InChI=1S/C11H11F4N/c1-2-6-3-8(6)10-9(12)4-7(5-16-10)11(13,14)15/h4-6,8H,2-3H2,1H3/t6-,8-/m0/s1. The summed E-state index contributed by atoms with van der Waals surface area (Å²) >= 11 is 0. The first-order valence-electron chi connectivity index (χ1n) is 5.16. The lowest BCUT2D eigenvalue weighted by atomic mass is 10.1. The predicted molar refractivity (Wildman–Crippen MR) is 50.3 cm³/mol. The van der Waals surface area contributed by atoms with Gasteiger partial charge < -0.3 is 0 Å². The Labute approximate surface area is 90.5 Å². The lowest BCUT2D eigenvalue weighted by Gasteiger charge is -2.07. The fourth-order valence-electron chi connectivity index (χ4n) is 1.91. The van der Waals surface area contributed by atoms with Gasteiger partial charge in [0.1, 0.15) is 5.82 Å². The molecular formula is C11H11F4N. The fourth-order valence-corrected chi connectivity index (χ4v) is 1.91. The molecule has 88 valence electrons. The monoisotopic (exact) mass is 233 g/mol. The van der Waals surface area contributed by atoms with E-state index in [2.05, 4.69) is 4.98 Å². The van der Waals surface area contributed by atoms with Crippen LogP contribution in [-0.2, 0) is 6.18 Å². The Morgan fingerprint density at radius 1 is 1.44 bits per heavy atom. The Bertz CT molecular complexity index is 399. The van der Waals surface area contributed by atoms with Gasteiger partial charge in [-0.1, -0.05) is 13.3 Å². The van der Waals surface area contributed by atoms with Crippen LogP contribution in [-0.4, -0.2) is 4.98 Å². The van der Waals surface area contributed by atoms with E-state index in [0.717, 1.165) is 12.8 Å². The van der Waals surface area contributed by atoms with Gasteiger partial charge in [0.05, 0.1) is 11.3 Å². The summed E-state index contributed by atoms with van der Waals surface area (Å²) in [5, 5.41) is 0. The lowest BCUT2D eigenvalue weighted by Crippen LogP contribution is -2.07. The van der Waals surface area contributed by atoms with Crippen molar-refractivity contribution < 1.29 is 17.6 Å². The van der Waals surface area contributed by atoms with Crippen LogP contribution < -0.4 is 0 Å². The van der Waals surface area contributed by atoms with Crippen molar-refractivity contribution in [2.75, 3.05) is 0 Å². The van der Waals surface area contributed by atoms with E-state index >= 15 is 0 Å². The normalized spacial score (nSPS) is 24.6. The van der Waals surface area contributed by atoms with E-state index in [1.54, 1.807) is 0 Å². The molecule has 0 amide bonds. The van der Waals surface area contributed by atoms with Crippen LogP contribution in [0.3, 0.4) is 0 Å². The smallest absolute Gasteiger partial charge is 0.257 e. The SMILES string of the molecule is CC[C@H]1C[C@@H]1c1ncc(C(F)(F)F)cc1F. The van der Waals surface area contributed by atoms with Crippen molar-refractivity contribution in [3.63, 3.8) is 0 Å². The Morgan fingerprint density at radius 2 is 2.12 bits per heavy atom. The zero-order valence-corrected chi connectivity index (χ0v) is 8.68. The second-order valence-corrected chi connectivity index (χ2v) is 4.10. The van der Waals surface area contributed by atoms with Crippen LogP contribution in [0.5, 0.6) is 0 Å². The van der Waals surface area contributed by atoms with E-state index in [0.29, 0.717) is 18.2 Å². The second-order valence-electron chi connectivity index (χ2n) is 4.10. The molecule has 0 unspecified atom stereocenters. The molecule has 0 spiro atoms. The molecule has 5 heteroatoms. The molecule has 1 aromatic heterocycles. The second kappa shape index (κ2) is 3.71. The van der Waals surface area contributed by atoms with Crippen LogP contribution >= 0.6 is 0 Å². The topological polar surface area (TPSA) is 12.9 Å². The molecule has 1 aliphatic carbocycles. The van der Waals surface area contributed by atoms with Crippen LogP contribution in [0.15, 0.2) is 12.3 Å². The zero-order chi connectivity index (χ0) is 11.9. The van der Waals surface area contributed by atoms with Crippen molar-refractivity contribution in [3.8, 4) is 0 Å². The summed E-state index contributed by atoms with van der Waals surface area (Å²) in [6, 6.07) is 0.535. The van der Waals surface area contributed by atoms with E-state index in [4.69, 9.17) is 0 Å². The van der Waals surface area contributed by atoms with Gasteiger partial charge in [0.2, 0.25) is 0 Å². The van der Waals surface area contributed by atoms with Crippen molar-refractivity contribution in [1.29, 1.82) is 0 Å². The molecule has 16 heavy (non-hydrogen) atoms. The van der Waals surface area contributed by atoms with Crippen LogP contribution in [0, 0.1) is 11.7 Å². The van der Waals surface area contributed by atoms with Crippen molar-refractivity contribution in [3.05, 3.63) is 29.3 Å². The third-order valence-electron chi connectivity index (χ3n) is 3.00. The maximum absolute atomic E-state index is 13.4. The van der Waals surface area contributed by atoms with Crippen molar-refractivity contribution >= 4 is 0 Å². The maximum Gasteiger partial charge on any atom is 0.417 e. The van der Waals surface area contributed by atoms with Gasteiger partial charge in [-0.05, 0) is 18.4 Å². The number of hydrogen-bond donors (Lipinski definition) is 0.